The van der Waals surface area contributed by atoms with E-state index in [0.717, 1.165) is 19.3 Å². The van der Waals surface area contributed by atoms with Gasteiger partial charge in [0, 0.05) is 26.7 Å². The summed E-state index contributed by atoms with van der Waals surface area (Å²) < 4.78 is 27.0. The van der Waals surface area contributed by atoms with E-state index in [1.54, 1.807) is 6.92 Å². The van der Waals surface area contributed by atoms with E-state index in [1.165, 1.54) is 20.8 Å². The van der Waals surface area contributed by atoms with Crippen molar-refractivity contribution < 1.29 is 38.1 Å². The van der Waals surface area contributed by atoms with E-state index in [0.29, 0.717) is 5.90 Å². The van der Waals surface area contributed by atoms with Crippen molar-refractivity contribution in [2.75, 3.05) is 13.2 Å². The van der Waals surface area contributed by atoms with Gasteiger partial charge in [-0.3, -0.25) is 14.4 Å². The summed E-state index contributed by atoms with van der Waals surface area (Å²) in [6.45, 7) is 5.42. The fourth-order valence-corrected chi connectivity index (χ4v) is 2.74. The van der Waals surface area contributed by atoms with Crippen LogP contribution in [-0.4, -0.2) is 61.6 Å². The van der Waals surface area contributed by atoms with E-state index in [-0.39, 0.29) is 19.1 Å². The van der Waals surface area contributed by atoms with Crippen molar-refractivity contribution in [3.05, 3.63) is 0 Å². The summed E-state index contributed by atoms with van der Waals surface area (Å²) in [7, 11) is 0. The number of aliphatic imine (C=N–C) groups is 1. The maximum absolute atomic E-state index is 11.3. The lowest BCUT2D eigenvalue weighted by atomic mass is 9.85. The molecule has 9 heteroatoms. The van der Waals surface area contributed by atoms with Crippen molar-refractivity contribution in [2.45, 2.75) is 71.5 Å². The van der Waals surface area contributed by atoms with Gasteiger partial charge in [0.1, 0.15) is 31.5 Å². The number of hydrogen-bond acceptors (Lipinski definition) is 9. The lowest BCUT2D eigenvalue weighted by Gasteiger charge is -2.29. The molecule has 0 bridgehead atoms. The zero-order valence-corrected chi connectivity index (χ0v) is 16.1. The van der Waals surface area contributed by atoms with Gasteiger partial charge in [-0.2, -0.15) is 0 Å². The van der Waals surface area contributed by atoms with Gasteiger partial charge in [0.05, 0.1) is 0 Å². The van der Waals surface area contributed by atoms with Crippen LogP contribution in [0.3, 0.4) is 0 Å². The number of carbonyl (C=O) groups excluding carboxylic acids is 3. The van der Waals surface area contributed by atoms with Crippen LogP contribution in [0.15, 0.2) is 4.99 Å². The second-order valence-electron chi connectivity index (χ2n) is 6.74. The molecule has 1 aliphatic heterocycles. The van der Waals surface area contributed by atoms with Crippen molar-refractivity contribution in [3.63, 3.8) is 0 Å². The topological polar surface area (TPSA) is 110 Å². The SMILES string of the molecule is CC(=O)OCC(OC1OC(C2CCC2)=N[C@H]1COC(C)=O)[C@H](C)OC(C)=O. The molecule has 1 saturated carbocycles. The van der Waals surface area contributed by atoms with E-state index < -0.39 is 42.4 Å². The third-order valence-electron chi connectivity index (χ3n) is 4.39. The first-order chi connectivity index (χ1) is 12.8. The van der Waals surface area contributed by atoms with Crippen LogP contribution in [-0.2, 0) is 38.1 Å². The van der Waals surface area contributed by atoms with Gasteiger partial charge in [0.2, 0.25) is 6.29 Å². The maximum atomic E-state index is 11.3. The average Bonchev–Trinajstić information content (AvgIpc) is 2.88. The van der Waals surface area contributed by atoms with Crippen LogP contribution in [0.25, 0.3) is 0 Å². The molecule has 0 aromatic heterocycles. The summed E-state index contributed by atoms with van der Waals surface area (Å²) in [4.78, 5) is 38.1. The minimum absolute atomic E-state index is 0.0124. The summed E-state index contributed by atoms with van der Waals surface area (Å²) >= 11 is 0. The molecule has 1 heterocycles. The number of carbonyl (C=O) groups is 3. The molecule has 0 spiro atoms. The van der Waals surface area contributed by atoms with Gasteiger partial charge in [-0.05, 0) is 19.8 Å². The lowest BCUT2D eigenvalue weighted by molar-refractivity contribution is -0.193. The Labute approximate surface area is 158 Å². The van der Waals surface area contributed by atoms with E-state index >= 15 is 0 Å². The van der Waals surface area contributed by atoms with Crippen LogP contribution in [0.4, 0.5) is 0 Å². The lowest BCUT2D eigenvalue weighted by Crippen LogP contribution is -2.42. The first-order valence-corrected chi connectivity index (χ1v) is 9.10. The molecule has 27 heavy (non-hydrogen) atoms. The first kappa shape index (κ1) is 21.1. The Balaban J connectivity index is 2.05. The van der Waals surface area contributed by atoms with Gasteiger partial charge in [0.15, 0.2) is 5.90 Å². The largest absolute Gasteiger partial charge is 0.463 e. The highest BCUT2D eigenvalue weighted by Crippen LogP contribution is 2.33. The number of nitrogens with zero attached hydrogens (tertiary/aromatic N) is 1. The monoisotopic (exact) mass is 385 g/mol. The Kier molecular flexibility index (Phi) is 7.58. The van der Waals surface area contributed by atoms with Crippen LogP contribution in [0.1, 0.15) is 47.0 Å². The zero-order chi connectivity index (χ0) is 20.0. The number of hydrogen-bond donors (Lipinski definition) is 0. The molecule has 2 unspecified atom stereocenters. The van der Waals surface area contributed by atoms with E-state index in [1.807, 2.05) is 0 Å². The molecule has 0 amide bonds. The molecule has 0 saturated heterocycles. The number of rotatable bonds is 9. The Bertz CT molecular complexity index is 586. The van der Waals surface area contributed by atoms with Gasteiger partial charge in [-0.15, -0.1) is 0 Å². The van der Waals surface area contributed by atoms with Crippen LogP contribution < -0.4 is 0 Å². The van der Waals surface area contributed by atoms with Crippen molar-refractivity contribution in [3.8, 4) is 0 Å². The van der Waals surface area contributed by atoms with Gasteiger partial charge in [0.25, 0.3) is 0 Å². The molecule has 152 valence electrons. The Morgan fingerprint density at radius 3 is 2.30 bits per heavy atom. The molecular weight excluding hydrogens is 358 g/mol. The predicted octanol–water partition coefficient (Wildman–Crippen LogP) is 1.37. The first-order valence-electron chi connectivity index (χ1n) is 9.10. The normalized spacial score (nSPS) is 24.1. The molecule has 0 aromatic carbocycles. The molecule has 2 aliphatic rings. The zero-order valence-electron chi connectivity index (χ0n) is 16.1. The van der Waals surface area contributed by atoms with Gasteiger partial charge in [-0.25, -0.2) is 4.99 Å². The fourth-order valence-electron chi connectivity index (χ4n) is 2.74. The smallest absolute Gasteiger partial charge is 0.302 e. The highest BCUT2D eigenvalue weighted by Gasteiger charge is 2.40. The molecule has 1 aliphatic carbocycles. The van der Waals surface area contributed by atoms with Crippen LogP contribution in [0, 0.1) is 5.92 Å². The Hall–Kier alpha value is -2.16. The molecule has 0 N–H and O–H groups in total. The third kappa shape index (κ3) is 6.50. The van der Waals surface area contributed by atoms with Crippen molar-refractivity contribution in [2.24, 2.45) is 10.9 Å². The standard InChI is InChI=1S/C18H27NO8/c1-10(25-13(4)22)16(9-24-12(3)21)26-18-15(8-23-11(2)20)19-17(27-18)14-6-5-7-14/h10,14-16,18H,5-9H2,1-4H3/t10-,15-,16?,18?/m0/s1. The minimum Gasteiger partial charge on any atom is -0.463 e. The quantitative estimate of drug-likeness (QED) is 0.432. The summed E-state index contributed by atoms with van der Waals surface area (Å²) in [5, 5.41) is 0. The van der Waals surface area contributed by atoms with Crippen LogP contribution in [0.5, 0.6) is 0 Å². The van der Waals surface area contributed by atoms with Crippen molar-refractivity contribution >= 4 is 23.8 Å². The van der Waals surface area contributed by atoms with Gasteiger partial charge >= 0.3 is 17.9 Å². The molecule has 2 rings (SSSR count). The van der Waals surface area contributed by atoms with E-state index in [4.69, 9.17) is 23.7 Å². The molecule has 9 nitrogen and oxygen atoms in total. The minimum atomic E-state index is -0.821. The molecule has 4 atom stereocenters. The second-order valence-corrected chi connectivity index (χ2v) is 6.74. The van der Waals surface area contributed by atoms with Crippen molar-refractivity contribution in [1.82, 2.24) is 0 Å². The van der Waals surface area contributed by atoms with Crippen LogP contribution >= 0.6 is 0 Å². The molecule has 1 fully saturated rings. The van der Waals surface area contributed by atoms with Gasteiger partial charge < -0.3 is 23.7 Å². The summed E-state index contributed by atoms with van der Waals surface area (Å²) in [5.74, 6) is -0.542. The van der Waals surface area contributed by atoms with Gasteiger partial charge in [-0.1, -0.05) is 6.42 Å². The fraction of sp³-hybridized carbons (Fsp3) is 0.778. The van der Waals surface area contributed by atoms with Crippen LogP contribution in [0.2, 0.25) is 0 Å². The summed E-state index contributed by atoms with van der Waals surface area (Å²) in [5.41, 5.74) is 0. The summed E-state index contributed by atoms with van der Waals surface area (Å²) in [6, 6.07) is -0.533. The maximum Gasteiger partial charge on any atom is 0.302 e. The highest BCUT2D eigenvalue weighted by atomic mass is 16.7. The predicted molar refractivity (Wildman–Crippen MR) is 92.8 cm³/mol. The average molecular weight is 385 g/mol. The number of esters is 3. The Morgan fingerprint density at radius 2 is 1.78 bits per heavy atom. The third-order valence-corrected chi connectivity index (χ3v) is 4.39. The molecular formula is C18H27NO8. The molecule has 0 aromatic rings. The summed E-state index contributed by atoms with van der Waals surface area (Å²) in [6.07, 6.45) is 0.856. The number of ether oxygens (including phenoxy) is 5. The van der Waals surface area contributed by atoms with E-state index in [2.05, 4.69) is 4.99 Å². The second kappa shape index (κ2) is 9.68. The molecule has 0 radical (unpaired) electrons. The van der Waals surface area contributed by atoms with Crippen molar-refractivity contribution in [1.29, 1.82) is 0 Å². The Morgan fingerprint density at radius 1 is 1.11 bits per heavy atom. The highest BCUT2D eigenvalue weighted by molar-refractivity contribution is 5.81. The van der Waals surface area contributed by atoms with E-state index in [9.17, 15) is 14.4 Å².